The number of rotatable bonds is 8. The monoisotopic (exact) mass is 416 g/mol. The van der Waals surface area contributed by atoms with E-state index in [9.17, 15) is 14.4 Å². The summed E-state index contributed by atoms with van der Waals surface area (Å²) in [5, 5.41) is 9.36. The van der Waals surface area contributed by atoms with Gasteiger partial charge in [-0.3, -0.25) is 19.7 Å². The lowest BCUT2D eigenvalue weighted by atomic mass is 9.78. The number of anilines is 2. The zero-order chi connectivity index (χ0) is 21.8. The van der Waals surface area contributed by atoms with Crippen molar-refractivity contribution in [2.75, 3.05) is 10.6 Å². The van der Waals surface area contributed by atoms with Crippen molar-refractivity contribution in [1.82, 2.24) is 5.32 Å². The number of hydrogen-bond donors (Lipinski definition) is 4. The molecule has 1 fully saturated rings. The van der Waals surface area contributed by atoms with Crippen molar-refractivity contribution in [3.63, 3.8) is 0 Å². The number of para-hydroxylation sites is 2. The van der Waals surface area contributed by atoms with Crippen LogP contribution in [0, 0.1) is 5.92 Å². The predicted molar refractivity (Wildman–Crippen MR) is 119 cm³/mol. The SMILES string of the molecule is NC(=O)CCCC1(Nc2ccccc2)C=C2C(=O)NC(=O)C2C=C1Nc1ccccc1. The van der Waals surface area contributed by atoms with Gasteiger partial charge in [0.15, 0.2) is 0 Å². The lowest BCUT2D eigenvalue weighted by Crippen LogP contribution is -2.44. The van der Waals surface area contributed by atoms with E-state index in [0.29, 0.717) is 18.4 Å². The van der Waals surface area contributed by atoms with Crippen LogP contribution < -0.4 is 21.7 Å². The molecular formula is C24H24N4O3. The maximum absolute atomic E-state index is 12.5. The first kappa shape index (κ1) is 20.4. The summed E-state index contributed by atoms with van der Waals surface area (Å²) in [5.74, 6) is -1.76. The minimum Gasteiger partial charge on any atom is -0.371 e. The van der Waals surface area contributed by atoms with Gasteiger partial charge in [0.2, 0.25) is 11.8 Å². The van der Waals surface area contributed by atoms with Crippen LogP contribution in [-0.4, -0.2) is 23.3 Å². The molecule has 2 aromatic carbocycles. The Kier molecular flexibility index (Phi) is 5.58. The Labute approximate surface area is 180 Å². The van der Waals surface area contributed by atoms with Crippen molar-refractivity contribution in [3.05, 3.63) is 84.1 Å². The van der Waals surface area contributed by atoms with E-state index in [1.807, 2.05) is 66.7 Å². The number of imide groups is 1. The quantitative estimate of drug-likeness (QED) is 0.494. The van der Waals surface area contributed by atoms with Crippen LogP contribution in [-0.2, 0) is 14.4 Å². The third-order valence-electron chi connectivity index (χ3n) is 5.52. The molecule has 1 heterocycles. The minimum absolute atomic E-state index is 0.217. The third-order valence-corrected chi connectivity index (χ3v) is 5.52. The number of nitrogens with one attached hydrogen (secondary N) is 3. The summed E-state index contributed by atoms with van der Waals surface area (Å²) in [4.78, 5) is 36.2. The fourth-order valence-electron chi connectivity index (χ4n) is 4.05. The molecule has 2 aliphatic rings. The van der Waals surface area contributed by atoms with Gasteiger partial charge in [0.25, 0.3) is 5.91 Å². The summed E-state index contributed by atoms with van der Waals surface area (Å²) < 4.78 is 0. The second kappa shape index (κ2) is 8.47. The largest absolute Gasteiger partial charge is 0.371 e. The fourth-order valence-corrected chi connectivity index (χ4v) is 4.05. The Hall–Kier alpha value is -3.87. The van der Waals surface area contributed by atoms with Gasteiger partial charge < -0.3 is 16.4 Å². The molecule has 31 heavy (non-hydrogen) atoms. The molecule has 7 heteroatoms. The first-order chi connectivity index (χ1) is 15.0. The van der Waals surface area contributed by atoms with E-state index in [1.165, 1.54) is 0 Å². The second-order valence-electron chi connectivity index (χ2n) is 7.75. The molecule has 0 aromatic heterocycles. The summed E-state index contributed by atoms with van der Waals surface area (Å²) in [7, 11) is 0. The van der Waals surface area contributed by atoms with Crippen LogP contribution in [0.25, 0.3) is 0 Å². The van der Waals surface area contributed by atoms with Gasteiger partial charge in [-0.25, -0.2) is 0 Å². The fraction of sp³-hybridized carbons (Fsp3) is 0.208. The molecular weight excluding hydrogens is 392 g/mol. The molecule has 0 bridgehead atoms. The van der Waals surface area contributed by atoms with E-state index in [4.69, 9.17) is 5.73 Å². The first-order valence-corrected chi connectivity index (χ1v) is 10.2. The van der Waals surface area contributed by atoms with Crippen LogP contribution in [0.4, 0.5) is 11.4 Å². The molecule has 0 radical (unpaired) electrons. The average molecular weight is 416 g/mol. The topological polar surface area (TPSA) is 113 Å². The summed E-state index contributed by atoms with van der Waals surface area (Å²) in [6.45, 7) is 0. The van der Waals surface area contributed by atoms with Gasteiger partial charge in [-0.1, -0.05) is 36.4 Å². The normalized spacial score (nSPS) is 22.1. The number of carbonyl (C=O) groups excluding carboxylic acids is 3. The number of benzene rings is 2. The van der Waals surface area contributed by atoms with Crippen molar-refractivity contribution in [1.29, 1.82) is 0 Å². The van der Waals surface area contributed by atoms with E-state index in [0.717, 1.165) is 17.1 Å². The van der Waals surface area contributed by atoms with E-state index in [2.05, 4.69) is 16.0 Å². The third kappa shape index (κ3) is 4.35. The highest BCUT2D eigenvalue weighted by Gasteiger charge is 2.45. The van der Waals surface area contributed by atoms with Gasteiger partial charge in [-0.2, -0.15) is 0 Å². The zero-order valence-corrected chi connectivity index (χ0v) is 16.9. The molecule has 158 valence electrons. The van der Waals surface area contributed by atoms with Crippen LogP contribution in [0.3, 0.4) is 0 Å². The van der Waals surface area contributed by atoms with E-state index >= 15 is 0 Å². The lowest BCUT2D eigenvalue weighted by Gasteiger charge is -2.39. The van der Waals surface area contributed by atoms with E-state index in [-0.39, 0.29) is 24.1 Å². The highest BCUT2D eigenvalue weighted by Crippen LogP contribution is 2.39. The molecule has 0 saturated carbocycles. The summed E-state index contributed by atoms with van der Waals surface area (Å²) in [5.41, 5.74) is 7.39. The highest BCUT2D eigenvalue weighted by atomic mass is 16.2. The van der Waals surface area contributed by atoms with Crippen LogP contribution in [0.2, 0.25) is 0 Å². The molecule has 7 nitrogen and oxygen atoms in total. The molecule has 5 N–H and O–H groups in total. The minimum atomic E-state index is -0.833. The predicted octanol–water partition coefficient (Wildman–Crippen LogP) is 2.70. The van der Waals surface area contributed by atoms with Gasteiger partial charge in [0.05, 0.1) is 11.5 Å². The van der Waals surface area contributed by atoms with E-state index < -0.39 is 11.5 Å². The van der Waals surface area contributed by atoms with Crippen LogP contribution in [0.1, 0.15) is 19.3 Å². The first-order valence-electron chi connectivity index (χ1n) is 10.2. The maximum Gasteiger partial charge on any atom is 0.254 e. The average Bonchev–Trinajstić information content (AvgIpc) is 3.02. The van der Waals surface area contributed by atoms with Crippen molar-refractivity contribution < 1.29 is 14.4 Å². The second-order valence-corrected chi connectivity index (χ2v) is 7.75. The smallest absolute Gasteiger partial charge is 0.254 e. The van der Waals surface area contributed by atoms with Gasteiger partial charge in [0, 0.05) is 29.1 Å². The van der Waals surface area contributed by atoms with Crippen molar-refractivity contribution in [2.24, 2.45) is 11.7 Å². The summed E-state index contributed by atoms with van der Waals surface area (Å²) in [6.07, 6.45) is 4.83. The lowest BCUT2D eigenvalue weighted by molar-refractivity contribution is -0.125. The van der Waals surface area contributed by atoms with Crippen LogP contribution >= 0.6 is 0 Å². The van der Waals surface area contributed by atoms with Gasteiger partial charge in [-0.05, 0) is 49.3 Å². The van der Waals surface area contributed by atoms with E-state index in [1.54, 1.807) is 6.08 Å². The Balaban J connectivity index is 1.78. The molecule has 3 amide bonds. The standard InChI is InChI=1S/C24H24N4O3/c25-21(29)12-7-13-24(28-17-10-5-2-6-11-17)15-19-18(22(30)27-23(19)31)14-20(24)26-16-8-3-1-4-9-16/h1-6,8-11,14-15,18,26,28H,7,12-13H2,(H2,25,29)(H,27,30,31). The Bertz CT molecular complexity index is 1060. The van der Waals surface area contributed by atoms with Crippen LogP contribution in [0.15, 0.2) is 84.1 Å². The molecule has 2 unspecified atom stereocenters. The zero-order valence-electron chi connectivity index (χ0n) is 16.9. The van der Waals surface area contributed by atoms with Crippen molar-refractivity contribution in [3.8, 4) is 0 Å². The van der Waals surface area contributed by atoms with Gasteiger partial charge in [-0.15, -0.1) is 0 Å². The maximum atomic E-state index is 12.5. The number of fused-ring (bicyclic) bond motifs is 1. The van der Waals surface area contributed by atoms with Crippen LogP contribution in [0.5, 0.6) is 0 Å². The van der Waals surface area contributed by atoms with Crippen molar-refractivity contribution >= 4 is 29.1 Å². The molecule has 4 rings (SSSR count). The van der Waals surface area contributed by atoms with Crippen molar-refractivity contribution in [2.45, 2.75) is 24.8 Å². The molecule has 1 aliphatic heterocycles. The Morgan fingerprint density at radius 3 is 2.29 bits per heavy atom. The Morgan fingerprint density at radius 2 is 1.65 bits per heavy atom. The number of primary amides is 1. The van der Waals surface area contributed by atoms with Gasteiger partial charge >= 0.3 is 0 Å². The number of carbonyl (C=O) groups is 3. The summed E-state index contributed by atoms with van der Waals surface area (Å²) >= 11 is 0. The highest BCUT2D eigenvalue weighted by molar-refractivity contribution is 6.16. The molecule has 2 atom stereocenters. The number of nitrogens with two attached hydrogens (primary N) is 1. The number of hydrogen-bond acceptors (Lipinski definition) is 5. The van der Waals surface area contributed by atoms with Gasteiger partial charge in [0.1, 0.15) is 0 Å². The number of amides is 3. The molecule has 1 aliphatic carbocycles. The molecule has 2 aromatic rings. The molecule has 0 spiro atoms. The summed E-state index contributed by atoms with van der Waals surface area (Å²) in [6, 6.07) is 19.2. The molecule has 1 saturated heterocycles. The Morgan fingerprint density at radius 1 is 1.00 bits per heavy atom.